The minimum Gasteiger partial charge on any atom is -0.378 e. The number of nitrogens with one attached hydrogen (secondary N) is 2. The first-order chi connectivity index (χ1) is 17.1. The second-order valence-electron chi connectivity index (χ2n) is 8.27. The molecule has 1 fully saturated rings. The molecule has 1 aliphatic heterocycles. The third-order valence-electron chi connectivity index (χ3n) is 5.52. The van der Waals surface area contributed by atoms with Crippen molar-refractivity contribution in [3.05, 3.63) is 57.7 Å². The van der Waals surface area contributed by atoms with E-state index >= 15 is 0 Å². The third-order valence-corrected chi connectivity index (χ3v) is 5.52. The summed E-state index contributed by atoms with van der Waals surface area (Å²) in [7, 11) is 0. The first kappa shape index (κ1) is 25.5. The molecule has 4 rings (SSSR count). The van der Waals surface area contributed by atoms with Gasteiger partial charge in [-0.15, -0.1) is 0 Å². The van der Waals surface area contributed by atoms with Crippen molar-refractivity contribution in [2.24, 2.45) is 0 Å². The van der Waals surface area contributed by atoms with Crippen LogP contribution >= 0.6 is 0 Å². The molecule has 0 spiro atoms. The second kappa shape index (κ2) is 10.6. The van der Waals surface area contributed by atoms with Crippen molar-refractivity contribution in [1.82, 2.24) is 25.3 Å². The molecule has 0 saturated carbocycles. The van der Waals surface area contributed by atoms with Crippen LogP contribution in [-0.4, -0.2) is 51.1 Å². The van der Waals surface area contributed by atoms with E-state index in [0.717, 1.165) is 12.4 Å². The number of aromatic amines is 1. The van der Waals surface area contributed by atoms with E-state index in [9.17, 15) is 26.7 Å². The molecular weight excluding hydrogens is 493 g/mol. The summed E-state index contributed by atoms with van der Waals surface area (Å²) in [5.74, 6) is 1.20. The lowest BCUT2D eigenvalue weighted by Gasteiger charge is -2.17. The van der Waals surface area contributed by atoms with Gasteiger partial charge in [-0.2, -0.15) is 23.3 Å². The molecule has 3 aromatic rings. The van der Waals surface area contributed by atoms with Gasteiger partial charge in [-0.3, -0.25) is 4.79 Å². The van der Waals surface area contributed by atoms with Crippen LogP contribution in [0, 0.1) is 0 Å². The number of alkyl halides is 5. The minimum absolute atomic E-state index is 0.0146. The van der Waals surface area contributed by atoms with Crippen molar-refractivity contribution in [3.8, 4) is 0 Å². The molecular formula is C21H22F5N7O3. The minimum atomic E-state index is -4.85. The molecule has 2 unspecified atom stereocenters. The van der Waals surface area contributed by atoms with E-state index in [2.05, 4.69) is 25.5 Å². The van der Waals surface area contributed by atoms with Gasteiger partial charge in [0.25, 0.3) is 17.9 Å². The van der Waals surface area contributed by atoms with Crippen LogP contribution in [0.1, 0.15) is 48.5 Å². The number of hydrogen-bond donors (Lipinski definition) is 2. The summed E-state index contributed by atoms with van der Waals surface area (Å²) in [6.45, 7) is 2.68. The molecule has 1 saturated heterocycles. The van der Waals surface area contributed by atoms with Crippen LogP contribution in [0.25, 0.3) is 0 Å². The average Bonchev–Trinajstić information content (AvgIpc) is 3.48. The molecule has 0 aliphatic carbocycles. The van der Waals surface area contributed by atoms with Crippen molar-refractivity contribution in [3.63, 3.8) is 0 Å². The summed E-state index contributed by atoms with van der Waals surface area (Å²) in [5, 5.41) is 11.7. The smallest absolute Gasteiger partial charge is 0.378 e. The van der Waals surface area contributed by atoms with Gasteiger partial charge < -0.3 is 19.5 Å². The Morgan fingerprint density at radius 3 is 2.81 bits per heavy atom. The van der Waals surface area contributed by atoms with E-state index in [1.54, 1.807) is 18.1 Å². The van der Waals surface area contributed by atoms with Crippen LogP contribution < -0.4 is 15.8 Å². The molecule has 0 radical (unpaired) electrons. The monoisotopic (exact) mass is 515 g/mol. The normalized spacial score (nSPS) is 17.1. The Morgan fingerprint density at radius 2 is 2.11 bits per heavy atom. The lowest BCUT2D eigenvalue weighted by molar-refractivity contribution is -0.138. The molecule has 10 nitrogen and oxygen atoms in total. The molecule has 15 heteroatoms. The van der Waals surface area contributed by atoms with Crippen molar-refractivity contribution < 1.29 is 31.2 Å². The summed E-state index contributed by atoms with van der Waals surface area (Å²) in [5.41, 5.74) is -3.30. The maximum absolute atomic E-state index is 13.1. The fourth-order valence-corrected chi connectivity index (χ4v) is 3.80. The largest absolute Gasteiger partial charge is 0.423 e. The van der Waals surface area contributed by atoms with Crippen LogP contribution in [0.15, 0.2) is 33.8 Å². The predicted molar refractivity (Wildman–Crippen MR) is 116 cm³/mol. The van der Waals surface area contributed by atoms with Gasteiger partial charge in [0.1, 0.15) is 18.0 Å². The third kappa shape index (κ3) is 5.95. The highest BCUT2D eigenvalue weighted by atomic mass is 19.4. The van der Waals surface area contributed by atoms with Crippen LogP contribution in [0.5, 0.6) is 0 Å². The molecule has 3 aromatic heterocycles. The van der Waals surface area contributed by atoms with E-state index in [0.29, 0.717) is 31.2 Å². The molecule has 0 amide bonds. The van der Waals surface area contributed by atoms with Crippen LogP contribution in [0.4, 0.5) is 33.5 Å². The lowest BCUT2D eigenvalue weighted by atomic mass is 10.1. The number of anilines is 2. The molecule has 0 bridgehead atoms. The number of halogens is 5. The van der Waals surface area contributed by atoms with E-state index in [4.69, 9.17) is 9.26 Å². The Kier molecular flexibility index (Phi) is 7.47. The number of nitrogens with zero attached hydrogens (tertiary/aromatic N) is 5. The van der Waals surface area contributed by atoms with Crippen LogP contribution in [0.3, 0.4) is 0 Å². The number of rotatable bonds is 9. The second-order valence-corrected chi connectivity index (χ2v) is 8.27. The molecule has 0 aromatic carbocycles. The Hall–Kier alpha value is -3.62. The zero-order chi connectivity index (χ0) is 25.9. The quantitative estimate of drug-likeness (QED) is 0.412. The molecule has 4 heterocycles. The predicted octanol–water partition coefficient (Wildman–Crippen LogP) is 3.52. The van der Waals surface area contributed by atoms with Gasteiger partial charge in [0.2, 0.25) is 0 Å². The Labute approximate surface area is 200 Å². The van der Waals surface area contributed by atoms with E-state index in [1.165, 1.54) is 6.07 Å². The molecule has 2 atom stereocenters. The Bertz CT molecular complexity index is 1220. The zero-order valence-corrected chi connectivity index (χ0v) is 18.9. The van der Waals surface area contributed by atoms with E-state index < -0.39 is 35.5 Å². The number of ether oxygens (including phenoxy) is 1. The fourth-order valence-electron chi connectivity index (χ4n) is 3.80. The van der Waals surface area contributed by atoms with Gasteiger partial charge in [-0.25, -0.2) is 18.9 Å². The van der Waals surface area contributed by atoms with Gasteiger partial charge in [-0.05, 0) is 25.5 Å². The molecule has 1 aliphatic rings. The highest BCUT2D eigenvalue weighted by molar-refractivity contribution is 5.50. The van der Waals surface area contributed by atoms with Gasteiger partial charge in [-0.1, -0.05) is 5.16 Å². The van der Waals surface area contributed by atoms with Crippen molar-refractivity contribution in [2.75, 3.05) is 29.9 Å². The van der Waals surface area contributed by atoms with Gasteiger partial charge in [0.15, 0.2) is 5.82 Å². The summed E-state index contributed by atoms with van der Waals surface area (Å²) >= 11 is 0. The Balaban J connectivity index is 1.27. The zero-order valence-electron chi connectivity index (χ0n) is 18.9. The molecule has 36 heavy (non-hydrogen) atoms. The maximum atomic E-state index is 13.1. The molecule has 2 N–H and O–H groups in total. The molecule has 194 valence electrons. The SMILES string of the molecule is CC(COCc1nc(C2CCN(c3ccc(C(F)F)cn3)C2)no1)Nc1cn[nH]c(=O)c1C(F)(F)F. The van der Waals surface area contributed by atoms with E-state index in [-0.39, 0.29) is 30.6 Å². The fraction of sp³-hybridized carbons (Fsp3) is 0.476. The highest BCUT2D eigenvalue weighted by Crippen LogP contribution is 2.32. The summed E-state index contributed by atoms with van der Waals surface area (Å²) in [6.07, 6.45) is -4.67. The summed E-state index contributed by atoms with van der Waals surface area (Å²) in [4.78, 5) is 21.9. The van der Waals surface area contributed by atoms with Crippen molar-refractivity contribution >= 4 is 11.5 Å². The number of aromatic nitrogens is 5. The first-order valence-corrected chi connectivity index (χ1v) is 10.9. The van der Waals surface area contributed by atoms with Gasteiger partial charge in [0.05, 0.1) is 18.5 Å². The topological polar surface area (TPSA) is 122 Å². The van der Waals surface area contributed by atoms with Crippen LogP contribution in [0.2, 0.25) is 0 Å². The van der Waals surface area contributed by atoms with Gasteiger partial charge in [0, 0.05) is 36.8 Å². The number of H-pyrrole nitrogens is 1. The number of hydrogen-bond acceptors (Lipinski definition) is 9. The van der Waals surface area contributed by atoms with Crippen molar-refractivity contribution in [1.29, 1.82) is 0 Å². The van der Waals surface area contributed by atoms with Crippen molar-refractivity contribution in [2.45, 2.75) is 44.5 Å². The lowest BCUT2D eigenvalue weighted by Crippen LogP contribution is -2.29. The van der Waals surface area contributed by atoms with Gasteiger partial charge >= 0.3 is 6.18 Å². The number of pyridine rings is 1. The standard InChI is InChI=1S/C21H22F5N7O3/c1-11(29-14-7-28-31-20(34)17(14)21(24,25)26)9-35-10-16-30-19(32-36-16)13-4-5-33(8-13)15-3-2-12(6-27-15)18(22)23/h2-3,6-7,11,13,18H,4-5,8-10H2,1H3,(H2,29,31,34). The van der Waals surface area contributed by atoms with Crippen LogP contribution in [-0.2, 0) is 17.5 Å². The summed E-state index contributed by atoms with van der Waals surface area (Å²) < 4.78 is 75.6. The maximum Gasteiger partial charge on any atom is 0.423 e. The highest BCUT2D eigenvalue weighted by Gasteiger charge is 2.37. The average molecular weight is 515 g/mol. The van der Waals surface area contributed by atoms with E-state index in [1.807, 2.05) is 4.90 Å². The first-order valence-electron chi connectivity index (χ1n) is 10.9. The Morgan fingerprint density at radius 1 is 1.31 bits per heavy atom. The summed E-state index contributed by atoms with van der Waals surface area (Å²) in [6, 6.07) is 2.30.